The van der Waals surface area contributed by atoms with Gasteiger partial charge in [-0.3, -0.25) is 4.79 Å². The lowest BCUT2D eigenvalue weighted by Gasteiger charge is -2.02. The first kappa shape index (κ1) is 16.5. The Morgan fingerprint density at radius 1 is 0.947 bits per heavy atom. The molecule has 1 aliphatic heterocycles. The van der Waals surface area contributed by atoms with Gasteiger partial charge in [-0.25, -0.2) is 0 Å². The zero-order valence-corrected chi connectivity index (χ0v) is 12.7. The number of unbranched alkanes of at least 4 members (excludes halogenated alkanes) is 7. The number of ether oxygens (including phenoxy) is 2. The molecule has 0 N–H and O–H groups in total. The van der Waals surface area contributed by atoms with Crippen molar-refractivity contribution in [1.29, 1.82) is 0 Å². The van der Waals surface area contributed by atoms with Crippen LogP contribution in [0.1, 0.15) is 77.6 Å². The maximum atomic E-state index is 10.9. The Hall–Kier alpha value is -0.570. The highest BCUT2D eigenvalue weighted by atomic mass is 16.6. The Kier molecular flexibility index (Phi) is 8.89. The second kappa shape index (κ2) is 10.2. The van der Waals surface area contributed by atoms with Gasteiger partial charge in [-0.15, -0.1) is 0 Å². The third kappa shape index (κ3) is 8.25. The van der Waals surface area contributed by atoms with Crippen molar-refractivity contribution in [2.24, 2.45) is 0 Å². The van der Waals surface area contributed by atoms with Crippen molar-refractivity contribution >= 4 is 5.97 Å². The lowest BCUT2D eigenvalue weighted by molar-refractivity contribution is -0.140. The van der Waals surface area contributed by atoms with E-state index in [2.05, 4.69) is 11.7 Å². The summed E-state index contributed by atoms with van der Waals surface area (Å²) >= 11 is 0. The minimum absolute atomic E-state index is 0.0762. The molecule has 3 heteroatoms. The van der Waals surface area contributed by atoms with Crippen molar-refractivity contribution in [2.75, 3.05) is 7.11 Å². The fourth-order valence-electron chi connectivity index (χ4n) is 2.57. The number of hydrogen-bond acceptors (Lipinski definition) is 3. The molecule has 0 radical (unpaired) electrons. The van der Waals surface area contributed by atoms with Crippen LogP contribution in [0, 0.1) is 0 Å². The first-order valence-electron chi connectivity index (χ1n) is 8.00. The Labute approximate surface area is 118 Å². The first-order valence-corrected chi connectivity index (χ1v) is 8.00. The van der Waals surface area contributed by atoms with Crippen LogP contribution in [-0.4, -0.2) is 25.3 Å². The van der Waals surface area contributed by atoms with E-state index in [1.807, 2.05) is 0 Å². The molecule has 0 bridgehead atoms. The van der Waals surface area contributed by atoms with E-state index in [0.29, 0.717) is 18.6 Å². The summed E-state index contributed by atoms with van der Waals surface area (Å²) in [6, 6.07) is 0. The summed E-state index contributed by atoms with van der Waals surface area (Å²) in [5.74, 6) is -0.0762. The molecule has 1 fully saturated rings. The first-order chi connectivity index (χ1) is 9.27. The largest absolute Gasteiger partial charge is 0.469 e. The molecular formula is C16H30O3. The van der Waals surface area contributed by atoms with Gasteiger partial charge < -0.3 is 9.47 Å². The van der Waals surface area contributed by atoms with E-state index in [-0.39, 0.29) is 5.97 Å². The average Bonchev–Trinajstić information content (AvgIpc) is 3.19. The molecular weight excluding hydrogens is 240 g/mol. The van der Waals surface area contributed by atoms with E-state index in [4.69, 9.17) is 4.74 Å². The van der Waals surface area contributed by atoms with Crippen molar-refractivity contribution in [2.45, 2.75) is 89.8 Å². The molecule has 0 aromatic rings. The van der Waals surface area contributed by atoms with Crippen LogP contribution in [0.2, 0.25) is 0 Å². The van der Waals surface area contributed by atoms with E-state index in [1.54, 1.807) is 0 Å². The highest BCUT2D eigenvalue weighted by molar-refractivity contribution is 5.68. The van der Waals surface area contributed by atoms with Gasteiger partial charge in [-0.05, 0) is 19.3 Å². The van der Waals surface area contributed by atoms with E-state index in [0.717, 1.165) is 12.8 Å². The summed E-state index contributed by atoms with van der Waals surface area (Å²) in [5, 5.41) is 0. The van der Waals surface area contributed by atoms with Crippen LogP contribution in [-0.2, 0) is 14.3 Å². The summed E-state index contributed by atoms with van der Waals surface area (Å²) in [7, 11) is 1.46. The molecule has 0 aromatic heterocycles. The molecule has 1 aliphatic rings. The van der Waals surface area contributed by atoms with Crippen molar-refractivity contribution in [1.82, 2.24) is 0 Å². The highest BCUT2D eigenvalue weighted by Gasteiger charge is 2.35. The summed E-state index contributed by atoms with van der Waals surface area (Å²) in [4.78, 5) is 10.9. The number of carbonyl (C=O) groups excluding carboxylic acids is 1. The Morgan fingerprint density at radius 2 is 1.53 bits per heavy atom. The van der Waals surface area contributed by atoms with Gasteiger partial charge in [0.1, 0.15) is 0 Å². The topological polar surface area (TPSA) is 38.8 Å². The number of carbonyl (C=O) groups is 1. The molecule has 0 amide bonds. The van der Waals surface area contributed by atoms with E-state index < -0.39 is 0 Å². The minimum atomic E-state index is -0.0762. The maximum Gasteiger partial charge on any atom is 0.305 e. The molecule has 0 aromatic carbocycles. The van der Waals surface area contributed by atoms with Gasteiger partial charge in [0.2, 0.25) is 0 Å². The van der Waals surface area contributed by atoms with Gasteiger partial charge in [0, 0.05) is 6.42 Å². The van der Waals surface area contributed by atoms with E-state index in [9.17, 15) is 4.79 Å². The molecule has 2 unspecified atom stereocenters. The summed E-state index contributed by atoms with van der Waals surface area (Å²) in [6.07, 6.45) is 14.2. The second-order valence-electron chi connectivity index (χ2n) is 5.56. The van der Waals surface area contributed by atoms with Crippen LogP contribution in [0.3, 0.4) is 0 Å². The zero-order chi connectivity index (χ0) is 13.9. The Morgan fingerprint density at radius 3 is 2.05 bits per heavy atom. The predicted octanol–water partition coefficient (Wildman–Crippen LogP) is 4.24. The average molecular weight is 270 g/mol. The summed E-state index contributed by atoms with van der Waals surface area (Å²) in [6.45, 7) is 2.20. The molecule has 0 aliphatic carbocycles. The Bertz CT molecular complexity index is 240. The molecule has 1 rings (SSSR count). The van der Waals surface area contributed by atoms with Gasteiger partial charge in [-0.1, -0.05) is 51.9 Å². The van der Waals surface area contributed by atoms with Crippen LogP contribution < -0.4 is 0 Å². The van der Waals surface area contributed by atoms with Crippen molar-refractivity contribution < 1.29 is 14.3 Å². The van der Waals surface area contributed by atoms with Crippen molar-refractivity contribution in [3.63, 3.8) is 0 Å². The van der Waals surface area contributed by atoms with E-state index in [1.165, 1.54) is 58.5 Å². The monoisotopic (exact) mass is 270 g/mol. The van der Waals surface area contributed by atoms with Crippen LogP contribution in [0.15, 0.2) is 0 Å². The molecule has 3 nitrogen and oxygen atoms in total. The fraction of sp³-hybridized carbons (Fsp3) is 0.938. The van der Waals surface area contributed by atoms with E-state index >= 15 is 0 Å². The summed E-state index contributed by atoms with van der Waals surface area (Å²) < 4.78 is 10.1. The van der Waals surface area contributed by atoms with Crippen LogP contribution in [0.5, 0.6) is 0 Å². The minimum Gasteiger partial charge on any atom is -0.469 e. The van der Waals surface area contributed by atoms with Gasteiger partial charge in [0.25, 0.3) is 0 Å². The zero-order valence-electron chi connectivity index (χ0n) is 12.7. The molecule has 0 spiro atoms. The SMILES string of the molecule is CCC1OC1CCCCCCCCCCC(=O)OC. The van der Waals surface area contributed by atoms with Crippen molar-refractivity contribution in [3.05, 3.63) is 0 Å². The third-order valence-electron chi connectivity index (χ3n) is 3.94. The molecule has 2 atom stereocenters. The van der Waals surface area contributed by atoms with Gasteiger partial charge in [-0.2, -0.15) is 0 Å². The molecule has 19 heavy (non-hydrogen) atoms. The number of esters is 1. The van der Waals surface area contributed by atoms with Crippen LogP contribution in [0.4, 0.5) is 0 Å². The van der Waals surface area contributed by atoms with Crippen molar-refractivity contribution in [3.8, 4) is 0 Å². The standard InChI is InChI=1S/C16H30O3/c1-3-14-15(19-14)12-10-8-6-4-5-7-9-11-13-16(17)18-2/h14-15H,3-13H2,1-2H3. The molecule has 112 valence electrons. The smallest absolute Gasteiger partial charge is 0.305 e. The van der Waals surface area contributed by atoms with Gasteiger partial charge in [0.05, 0.1) is 19.3 Å². The number of rotatable bonds is 12. The lowest BCUT2D eigenvalue weighted by Crippen LogP contribution is -1.99. The van der Waals surface area contributed by atoms with Gasteiger partial charge in [0.15, 0.2) is 0 Å². The second-order valence-corrected chi connectivity index (χ2v) is 5.56. The summed E-state index contributed by atoms with van der Waals surface area (Å²) in [5.41, 5.74) is 0. The highest BCUT2D eigenvalue weighted by Crippen LogP contribution is 2.29. The fourth-order valence-corrected chi connectivity index (χ4v) is 2.57. The predicted molar refractivity (Wildman–Crippen MR) is 77.1 cm³/mol. The number of epoxide rings is 1. The number of methoxy groups -OCH3 is 1. The molecule has 0 saturated carbocycles. The van der Waals surface area contributed by atoms with Crippen LogP contribution >= 0.6 is 0 Å². The van der Waals surface area contributed by atoms with Gasteiger partial charge >= 0.3 is 5.97 Å². The lowest BCUT2D eigenvalue weighted by atomic mass is 10.0. The maximum absolute atomic E-state index is 10.9. The molecule has 1 heterocycles. The molecule has 1 saturated heterocycles. The number of hydrogen-bond donors (Lipinski definition) is 0. The quantitative estimate of drug-likeness (QED) is 0.302. The third-order valence-corrected chi connectivity index (χ3v) is 3.94. The van der Waals surface area contributed by atoms with Crippen LogP contribution in [0.25, 0.3) is 0 Å². The normalized spacial score (nSPS) is 21.4. The Balaban J connectivity index is 1.71.